The summed E-state index contributed by atoms with van der Waals surface area (Å²) >= 11 is 0.829. The van der Waals surface area contributed by atoms with E-state index in [9.17, 15) is 22.1 Å². The van der Waals surface area contributed by atoms with Gasteiger partial charge in [-0.3, -0.25) is 0 Å². The molecular formula is C12H12BrF4NOS. The lowest BCUT2D eigenvalue weighted by molar-refractivity contribution is -0.0580. The van der Waals surface area contributed by atoms with Gasteiger partial charge in [-0.25, -0.2) is 4.39 Å². The Morgan fingerprint density at radius 1 is 1.25 bits per heavy atom. The average molecular weight is 374 g/mol. The minimum Gasteiger partial charge on any atom is -0.591 e. The molecule has 0 aliphatic heterocycles. The minimum atomic E-state index is -4.90. The first-order chi connectivity index (χ1) is 8.93. The maximum absolute atomic E-state index is 13.6. The van der Waals surface area contributed by atoms with Crippen LogP contribution in [0, 0.1) is 5.82 Å². The standard InChI is InChI=1S/C12H12BrF4NOS/c1-11(2,3)20(19)18-10(12(15,16)17)8-6-7(13)4-5-9(8)14/h4-6H,1-3H3. The first-order valence-electron chi connectivity index (χ1n) is 5.46. The second-order valence-electron chi connectivity index (χ2n) is 4.92. The molecule has 2 nitrogen and oxygen atoms in total. The summed E-state index contributed by atoms with van der Waals surface area (Å²) in [5, 5.41) is 0. The average Bonchev–Trinajstić information content (AvgIpc) is 2.26. The molecule has 0 bridgehead atoms. The molecule has 0 heterocycles. The van der Waals surface area contributed by atoms with Gasteiger partial charge in [0.15, 0.2) is 0 Å². The van der Waals surface area contributed by atoms with E-state index in [1.807, 2.05) is 0 Å². The zero-order chi connectivity index (χ0) is 15.7. The highest BCUT2D eigenvalue weighted by molar-refractivity contribution is 9.10. The summed E-state index contributed by atoms with van der Waals surface area (Å²) < 4.78 is 66.9. The van der Waals surface area contributed by atoms with Gasteiger partial charge in [0.1, 0.15) is 21.9 Å². The van der Waals surface area contributed by atoms with E-state index in [2.05, 4.69) is 20.3 Å². The van der Waals surface area contributed by atoms with Crippen molar-refractivity contribution in [1.82, 2.24) is 0 Å². The van der Waals surface area contributed by atoms with Crippen LogP contribution in [0.2, 0.25) is 0 Å². The van der Waals surface area contributed by atoms with E-state index in [1.54, 1.807) is 0 Å². The van der Waals surface area contributed by atoms with E-state index < -0.39 is 39.4 Å². The zero-order valence-electron chi connectivity index (χ0n) is 10.9. The van der Waals surface area contributed by atoms with Crippen molar-refractivity contribution in [1.29, 1.82) is 0 Å². The van der Waals surface area contributed by atoms with E-state index in [4.69, 9.17) is 0 Å². The Kier molecular flexibility index (Phi) is 5.26. The van der Waals surface area contributed by atoms with E-state index >= 15 is 0 Å². The second kappa shape index (κ2) is 6.03. The molecule has 0 saturated heterocycles. The summed E-state index contributed by atoms with van der Waals surface area (Å²) in [6, 6.07) is 3.12. The third-order valence-corrected chi connectivity index (χ3v) is 4.04. The molecule has 0 radical (unpaired) electrons. The highest BCUT2D eigenvalue weighted by atomic mass is 79.9. The van der Waals surface area contributed by atoms with Gasteiger partial charge in [-0.2, -0.15) is 13.2 Å². The molecule has 0 aliphatic carbocycles. The minimum absolute atomic E-state index is 0.271. The Balaban J connectivity index is 3.42. The Hall–Kier alpha value is -0.600. The highest BCUT2D eigenvalue weighted by Gasteiger charge is 2.42. The van der Waals surface area contributed by atoms with Gasteiger partial charge in [-0.05, 0) is 39.0 Å². The summed E-state index contributed by atoms with van der Waals surface area (Å²) in [5.74, 6) is -1.07. The lowest BCUT2D eigenvalue weighted by Crippen LogP contribution is -2.32. The van der Waals surface area contributed by atoms with E-state index in [0.29, 0.717) is 0 Å². The van der Waals surface area contributed by atoms with Crippen LogP contribution in [0.1, 0.15) is 26.3 Å². The quantitative estimate of drug-likeness (QED) is 0.429. The second-order valence-corrected chi connectivity index (χ2v) is 7.74. The SMILES string of the molecule is CC(C)(C)[S+]([O-])N=C(c1cc(Br)ccc1F)C(F)(F)F. The lowest BCUT2D eigenvalue weighted by Gasteiger charge is -2.20. The molecule has 0 N–H and O–H groups in total. The molecule has 0 amide bonds. The van der Waals surface area contributed by atoms with Crippen LogP contribution in [0.3, 0.4) is 0 Å². The summed E-state index contributed by atoms with van der Waals surface area (Å²) in [5.41, 5.74) is -2.21. The van der Waals surface area contributed by atoms with E-state index in [-0.39, 0.29) is 4.47 Å². The number of rotatable bonds is 2. The molecule has 0 fully saturated rings. The van der Waals surface area contributed by atoms with Crippen molar-refractivity contribution in [3.8, 4) is 0 Å². The highest BCUT2D eigenvalue weighted by Crippen LogP contribution is 2.29. The molecule has 8 heteroatoms. The van der Waals surface area contributed by atoms with E-state index in [0.717, 1.165) is 12.1 Å². The van der Waals surface area contributed by atoms with Gasteiger partial charge >= 0.3 is 6.18 Å². The summed E-state index contributed by atoms with van der Waals surface area (Å²) in [6.45, 7) is 4.45. The summed E-state index contributed by atoms with van der Waals surface area (Å²) in [6.07, 6.45) is -4.90. The first kappa shape index (κ1) is 17.5. The van der Waals surface area contributed by atoms with Crippen molar-refractivity contribution in [2.45, 2.75) is 31.7 Å². The van der Waals surface area contributed by atoms with Crippen LogP contribution in [-0.4, -0.2) is 21.2 Å². The zero-order valence-corrected chi connectivity index (χ0v) is 13.3. The number of halogens is 5. The topological polar surface area (TPSA) is 35.4 Å². The monoisotopic (exact) mass is 373 g/mol. The third-order valence-electron chi connectivity index (χ3n) is 2.15. The molecule has 1 unspecified atom stereocenters. The molecule has 20 heavy (non-hydrogen) atoms. The fourth-order valence-electron chi connectivity index (χ4n) is 1.15. The third kappa shape index (κ3) is 4.46. The Labute approximate surface area is 125 Å². The van der Waals surface area contributed by atoms with Crippen molar-refractivity contribution >= 4 is 33.0 Å². The molecule has 1 aromatic carbocycles. The van der Waals surface area contributed by atoms with Crippen LogP contribution >= 0.6 is 15.9 Å². The van der Waals surface area contributed by atoms with Crippen LogP contribution in [0.4, 0.5) is 17.6 Å². The molecule has 0 saturated carbocycles. The fourth-order valence-corrected chi connectivity index (χ4v) is 2.16. The molecule has 0 aromatic heterocycles. The van der Waals surface area contributed by atoms with Gasteiger partial charge in [-0.15, -0.1) is 0 Å². The largest absolute Gasteiger partial charge is 0.591 e. The predicted molar refractivity (Wildman–Crippen MR) is 74.6 cm³/mol. The predicted octanol–water partition coefficient (Wildman–Crippen LogP) is 4.40. The molecule has 0 spiro atoms. The molecule has 1 aromatic rings. The van der Waals surface area contributed by atoms with Crippen LogP contribution in [0.25, 0.3) is 0 Å². The van der Waals surface area contributed by atoms with Gasteiger partial charge in [0.2, 0.25) is 5.71 Å². The first-order valence-corrected chi connectivity index (χ1v) is 7.36. The number of hydrogen-bond acceptors (Lipinski definition) is 2. The van der Waals surface area contributed by atoms with Crippen LogP contribution < -0.4 is 0 Å². The number of hydrogen-bond donors (Lipinski definition) is 0. The van der Waals surface area contributed by atoms with Gasteiger partial charge in [0.05, 0.1) is 0 Å². The van der Waals surface area contributed by atoms with Crippen molar-refractivity contribution in [2.75, 3.05) is 0 Å². The van der Waals surface area contributed by atoms with Crippen LogP contribution in [0.5, 0.6) is 0 Å². The summed E-state index contributed by atoms with van der Waals surface area (Å²) in [4.78, 5) is 0. The molecular weight excluding hydrogens is 362 g/mol. The van der Waals surface area contributed by atoms with Gasteiger partial charge in [0.25, 0.3) is 0 Å². The normalized spacial score (nSPS) is 15.3. The molecule has 112 valence electrons. The van der Waals surface area contributed by atoms with Crippen LogP contribution in [-0.2, 0) is 11.4 Å². The maximum Gasteiger partial charge on any atom is 0.438 e. The van der Waals surface area contributed by atoms with Crippen molar-refractivity contribution in [3.63, 3.8) is 0 Å². The van der Waals surface area contributed by atoms with Crippen molar-refractivity contribution in [3.05, 3.63) is 34.1 Å². The number of alkyl halides is 3. The Morgan fingerprint density at radius 2 is 1.80 bits per heavy atom. The lowest BCUT2D eigenvalue weighted by atomic mass is 10.1. The smallest absolute Gasteiger partial charge is 0.438 e. The van der Waals surface area contributed by atoms with Gasteiger partial charge in [0, 0.05) is 10.0 Å². The van der Waals surface area contributed by atoms with Crippen molar-refractivity contribution in [2.24, 2.45) is 4.40 Å². The molecule has 1 atom stereocenters. The van der Waals surface area contributed by atoms with Gasteiger partial charge < -0.3 is 4.55 Å². The molecule has 1 rings (SSSR count). The van der Waals surface area contributed by atoms with Crippen molar-refractivity contribution < 1.29 is 22.1 Å². The maximum atomic E-state index is 13.6. The Morgan fingerprint density at radius 3 is 2.25 bits per heavy atom. The number of nitrogens with zero attached hydrogens (tertiary/aromatic N) is 1. The van der Waals surface area contributed by atoms with Gasteiger partial charge in [-0.1, -0.05) is 20.3 Å². The summed E-state index contributed by atoms with van der Waals surface area (Å²) in [7, 11) is 0. The Bertz CT molecular complexity index is 525. The molecule has 0 aliphatic rings. The van der Waals surface area contributed by atoms with E-state index in [1.165, 1.54) is 26.8 Å². The van der Waals surface area contributed by atoms with Crippen LogP contribution in [0.15, 0.2) is 27.1 Å². The fraction of sp³-hybridized carbons (Fsp3) is 0.417. The number of benzene rings is 1.